The van der Waals surface area contributed by atoms with Gasteiger partial charge in [-0.15, -0.1) is 0 Å². The molecule has 1 aliphatic heterocycles. The maximum Gasteiger partial charge on any atom is 0.319 e. The smallest absolute Gasteiger partial charge is 0.319 e. The lowest BCUT2D eigenvalue weighted by Gasteiger charge is -2.34. The van der Waals surface area contributed by atoms with Crippen LogP contribution < -0.4 is 15.5 Å². The number of amides is 2. The SMILES string of the molecule is C[C@H]1COCCN1c1cc(CS(=O)(=O)c2ccncc2)nc(-c2ccc(NC(=O)NC3CC3)cc2)n1. The molecule has 1 aliphatic carbocycles. The van der Waals surface area contributed by atoms with Gasteiger partial charge in [-0.3, -0.25) is 4.98 Å². The zero-order valence-electron chi connectivity index (χ0n) is 19.9. The number of pyridine rings is 1. The monoisotopic (exact) mass is 508 g/mol. The predicted octanol–water partition coefficient (Wildman–Crippen LogP) is 3.02. The number of nitrogens with one attached hydrogen (secondary N) is 2. The van der Waals surface area contributed by atoms with Crippen LogP contribution in [0.3, 0.4) is 0 Å². The van der Waals surface area contributed by atoms with Crippen molar-refractivity contribution < 1.29 is 17.9 Å². The minimum absolute atomic E-state index is 0.0858. The average Bonchev–Trinajstić information content (AvgIpc) is 3.69. The van der Waals surface area contributed by atoms with Crippen LogP contribution in [0.4, 0.5) is 16.3 Å². The van der Waals surface area contributed by atoms with Crippen molar-refractivity contribution in [3.63, 3.8) is 0 Å². The quantitative estimate of drug-likeness (QED) is 0.499. The number of sulfone groups is 1. The van der Waals surface area contributed by atoms with Gasteiger partial charge in [0.05, 0.1) is 35.6 Å². The highest BCUT2D eigenvalue weighted by molar-refractivity contribution is 7.90. The van der Waals surface area contributed by atoms with E-state index >= 15 is 0 Å². The van der Waals surface area contributed by atoms with Gasteiger partial charge in [-0.05, 0) is 56.2 Å². The molecule has 2 aliphatic rings. The number of anilines is 2. The van der Waals surface area contributed by atoms with Crippen LogP contribution in [0.1, 0.15) is 25.5 Å². The van der Waals surface area contributed by atoms with Gasteiger partial charge >= 0.3 is 6.03 Å². The number of benzene rings is 1. The lowest BCUT2D eigenvalue weighted by atomic mass is 10.2. The number of ether oxygens (including phenoxy) is 1. The van der Waals surface area contributed by atoms with Gasteiger partial charge in [0, 0.05) is 42.3 Å². The van der Waals surface area contributed by atoms with Gasteiger partial charge in [-0.1, -0.05) is 0 Å². The fourth-order valence-corrected chi connectivity index (χ4v) is 5.25. The van der Waals surface area contributed by atoms with E-state index in [1.807, 2.05) is 19.1 Å². The number of nitrogens with zero attached hydrogens (tertiary/aromatic N) is 4. The second-order valence-corrected chi connectivity index (χ2v) is 11.0. The first-order valence-corrected chi connectivity index (χ1v) is 13.6. The minimum Gasteiger partial charge on any atom is -0.377 e. The number of carbonyl (C=O) groups excluding carboxylic acids is 1. The molecule has 2 amide bonds. The Bertz CT molecular complexity index is 1330. The largest absolute Gasteiger partial charge is 0.377 e. The third kappa shape index (κ3) is 5.80. The van der Waals surface area contributed by atoms with Gasteiger partial charge < -0.3 is 20.3 Å². The van der Waals surface area contributed by atoms with E-state index in [1.165, 1.54) is 24.5 Å². The van der Waals surface area contributed by atoms with Crippen LogP contribution in [0.15, 0.2) is 59.8 Å². The van der Waals surface area contributed by atoms with Crippen LogP contribution in [-0.2, 0) is 20.3 Å². The van der Waals surface area contributed by atoms with Crippen LogP contribution in [0, 0.1) is 0 Å². The van der Waals surface area contributed by atoms with Crippen LogP contribution in [0.5, 0.6) is 0 Å². The summed E-state index contributed by atoms with van der Waals surface area (Å²) < 4.78 is 31.7. The van der Waals surface area contributed by atoms with Crippen LogP contribution in [-0.4, -0.2) is 61.2 Å². The Morgan fingerprint density at radius 1 is 1.11 bits per heavy atom. The average molecular weight is 509 g/mol. The Kier molecular flexibility index (Phi) is 6.84. The van der Waals surface area contributed by atoms with E-state index < -0.39 is 9.84 Å². The molecule has 188 valence electrons. The summed E-state index contributed by atoms with van der Waals surface area (Å²) in [5.41, 5.74) is 1.76. The van der Waals surface area contributed by atoms with E-state index in [1.54, 1.807) is 18.2 Å². The standard InChI is InChI=1S/C25H28N6O4S/c1-17-15-35-13-12-31(17)23-14-21(16-36(33,34)22-8-10-26-11-9-22)27-24(30-23)18-2-4-19(5-3-18)28-25(32)29-20-6-7-20/h2-5,8-11,14,17,20H,6-7,12-13,15-16H2,1H3,(H2,28,29,32)/t17-/m0/s1. The van der Waals surface area contributed by atoms with Crippen molar-refractivity contribution in [2.75, 3.05) is 30.0 Å². The molecule has 5 rings (SSSR count). The van der Waals surface area contributed by atoms with Gasteiger partial charge in [-0.25, -0.2) is 23.2 Å². The summed E-state index contributed by atoms with van der Waals surface area (Å²) in [4.78, 5) is 27.6. The maximum absolute atomic E-state index is 13.1. The minimum atomic E-state index is -3.63. The Balaban J connectivity index is 1.44. The molecule has 36 heavy (non-hydrogen) atoms. The van der Waals surface area contributed by atoms with E-state index in [2.05, 4.69) is 25.5 Å². The third-order valence-electron chi connectivity index (χ3n) is 6.09. The van der Waals surface area contributed by atoms with Crippen molar-refractivity contribution in [2.24, 2.45) is 0 Å². The lowest BCUT2D eigenvalue weighted by Crippen LogP contribution is -2.44. The topological polar surface area (TPSA) is 126 Å². The van der Waals surface area contributed by atoms with Crippen LogP contribution in [0.2, 0.25) is 0 Å². The third-order valence-corrected chi connectivity index (χ3v) is 7.75. The van der Waals surface area contributed by atoms with Crippen LogP contribution >= 0.6 is 0 Å². The number of urea groups is 1. The molecule has 1 atom stereocenters. The molecule has 1 saturated carbocycles. The van der Waals surface area contributed by atoms with Crippen molar-refractivity contribution in [1.82, 2.24) is 20.3 Å². The van der Waals surface area contributed by atoms with Gasteiger partial charge in [-0.2, -0.15) is 0 Å². The van der Waals surface area contributed by atoms with Crippen molar-refractivity contribution >= 4 is 27.4 Å². The number of rotatable bonds is 7. The number of hydrogen-bond acceptors (Lipinski definition) is 8. The molecular formula is C25H28N6O4S. The molecule has 3 aromatic rings. The van der Waals surface area contributed by atoms with Gasteiger partial charge in [0.25, 0.3) is 0 Å². The van der Waals surface area contributed by atoms with Gasteiger partial charge in [0.2, 0.25) is 0 Å². The van der Waals surface area contributed by atoms with Crippen LogP contribution in [0.25, 0.3) is 11.4 Å². The number of hydrogen-bond donors (Lipinski definition) is 2. The predicted molar refractivity (Wildman–Crippen MR) is 135 cm³/mol. The Hall–Kier alpha value is -3.57. The number of carbonyl (C=O) groups is 1. The Morgan fingerprint density at radius 2 is 1.86 bits per heavy atom. The molecule has 0 spiro atoms. The van der Waals surface area contributed by atoms with E-state index in [0.717, 1.165) is 12.8 Å². The normalized spacial score (nSPS) is 18.0. The van der Waals surface area contributed by atoms with Crippen molar-refractivity contribution in [3.8, 4) is 11.4 Å². The summed E-state index contributed by atoms with van der Waals surface area (Å²) in [7, 11) is -3.63. The Labute approximate surface area is 210 Å². The molecular weight excluding hydrogens is 480 g/mol. The Morgan fingerprint density at radius 3 is 2.56 bits per heavy atom. The summed E-state index contributed by atoms with van der Waals surface area (Å²) in [5, 5.41) is 5.71. The van der Waals surface area contributed by atoms with E-state index in [0.29, 0.717) is 48.3 Å². The fraction of sp³-hybridized carbons (Fsp3) is 0.360. The molecule has 1 aromatic carbocycles. The molecule has 1 saturated heterocycles. The zero-order valence-corrected chi connectivity index (χ0v) is 20.7. The highest BCUT2D eigenvalue weighted by Crippen LogP contribution is 2.26. The molecule has 0 bridgehead atoms. The molecule has 10 nitrogen and oxygen atoms in total. The van der Waals surface area contributed by atoms with Crippen molar-refractivity contribution in [3.05, 3.63) is 60.6 Å². The van der Waals surface area contributed by atoms with Crippen molar-refractivity contribution in [2.45, 2.75) is 42.5 Å². The van der Waals surface area contributed by atoms with E-state index in [-0.39, 0.29) is 28.8 Å². The molecule has 0 radical (unpaired) electrons. The first kappa shape index (κ1) is 24.1. The summed E-state index contributed by atoms with van der Waals surface area (Å²) in [5.74, 6) is 0.806. The summed E-state index contributed by atoms with van der Waals surface area (Å²) >= 11 is 0. The molecule has 2 N–H and O–H groups in total. The molecule has 2 aromatic heterocycles. The maximum atomic E-state index is 13.1. The molecule has 2 fully saturated rings. The van der Waals surface area contributed by atoms with E-state index in [9.17, 15) is 13.2 Å². The first-order chi connectivity index (χ1) is 17.4. The fourth-order valence-electron chi connectivity index (χ4n) is 4.01. The molecule has 3 heterocycles. The molecule has 11 heteroatoms. The number of morpholine rings is 1. The van der Waals surface area contributed by atoms with E-state index in [4.69, 9.17) is 9.72 Å². The second-order valence-electron chi connectivity index (χ2n) is 9.05. The summed E-state index contributed by atoms with van der Waals surface area (Å²) in [6.07, 6.45) is 4.95. The van der Waals surface area contributed by atoms with Gasteiger partial charge in [0.1, 0.15) is 5.82 Å². The summed E-state index contributed by atoms with van der Waals surface area (Å²) in [6.45, 7) is 3.82. The first-order valence-electron chi connectivity index (χ1n) is 11.9. The highest BCUT2D eigenvalue weighted by atomic mass is 32.2. The lowest BCUT2D eigenvalue weighted by molar-refractivity contribution is 0.0985. The molecule has 0 unspecified atom stereocenters. The zero-order chi connectivity index (χ0) is 25.1. The van der Waals surface area contributed by atoms with Crippen molar-refractivity contribution in [1.29, 1.82) is 0 Å². The summed E-state index contributed by atoms with van der Waals surface area (Å²) in [6, 6.07) is 12.0. The highest BCUT2D eigenvalue weighted by Gasteiger charge is 2.25. The second kappa shape index (κ2) is 10.2. The number of aromatic nitrogens is 3. The van der Waals surface area contributed by atoms with Gasteiger partial charge in [0.15, 0.2) is 15.7 Å².